The normalized spacial score (nSPS) is 15.7. The molecule has 0 aliphatic carbocycles. The van der Waals surface area contributed by atoms with Crippen molar-refractivity contribution in [3.05, 3.63) is 99.6 Å². The Labute approximate surface area is 190 Å². The lowest BCUT2D eigenvalue weighted by atomic mass is 10.0. The van der Waals surface area contributed by atoms with Crippen LogP contribution in [0.4, 0.5) is 5.69 Å². The van der Waals surface area contributed by atoms with E-state index in [9.17, 15) is 14.4 Å². The standard InChI is InChI=1S/C25H21ClN2O4/c1-15-2-4-16(5-3-15)12-22-23(29)27-21-13-19(26)10-11-20(21)24(30)28(22)14-17-6-8-18(9-7-17)25(31)32/h2-11,13,22H,12,14H2,1H3,(H,27,29)(H,31,32)/t22-/m1/s1. The van der Waals surface area contributed by atoms with Gasteiger partial charge in [0.15, 0.2) is 0 Å². The molecule has 0 spiro atoms. The Hall–Kier alpha value is -3.64. The van der Waals surface area contributed by atoms with Crippen LogP contribution < -0.4 is 5.32 Å². The zero-order valence-electron chi connectivity index (χ0n) is 17.3. The van der Waals surface area contributed by atoms with Crippen molar-refractivity contribution in [3.63, 3.8) is 0 Å². The number of rotatable bonds is 5. The van der Waals surface area contributed by atoms with Crippen molar-refractivity contribution in [2.75, 3.05) is 5.32 Å². The molecule has 0 aromatic heterocycles. The Bertz CT molecular complexity index is 1190. The molecule has 0 unspecified atom stereocenters. The van der Waals surface area contributed by atoms with E-state index in [0.717, 1.165) is 16.7 Å². The molecule has 0 fully saturated rings. The molecule has 0 radical (unpaired) electrons. The lowest BCUT2D eigenvalue weighted by Gasteiger charge is -2.29. The molecule has 1 heterocycles. The van der Waals surface area contributed by atoms with Crippen molar-refractivity contribution in [1.29, 1.82) is 0 Å². The Morgan fingerprint density at radius 3 is 2.31 bits per heavy atom. The number of carboxylic acid groups (broad SMARTS) is 1. The summed E-state index contributed by atoms with van der Waals surface area (Å²) in [6, 6.07) is 18.2. The first-order valence-corrected chi connectivity index (χ1v) is 10.5. The molecule has 0 bridgehead atoms. The Kier molecular flexibility index (Phi) is 5.97. The molecule has 1 aliphatic rings. The molecule has 3 aromatic carbocycles. The number of carbonyl (C=O) groups is 3. The number of halogens is 1. The third kappa shape index (κ3) is 4.50. The van der Waals surface area contributed by atoms with E-state index in [2.05, 4.69) is 5.32 Å². The van der Waals surface area contributed by atoms with Gasteiger partial charge in [-0.25, -0.2) is 4.79 Å². The number of carbonyl (C=O) groups excluding carboxylic acids is 2. The van der Waals surface area contributed by atoms with E-state index in [0.29, 0.717) is 22.7 Å². The molecule has 3 aromatic rings. The first-order valence-electron chi connectivity index (χ1n) is 10.1. The van der Waals surface area contributed by atoms with Gasteiger partial charge in [-0.2, -0.15) is 0 Å². The molecular formula is C25H21ClN2O4. The summed E-state index contributed by atoms with van der Waals surface area (Å²) < 4.78 is 0. The Morgan fingerprint density at radius 1 is 1.00 bits per heavy atom. The number of carboxylic acids is 1. The highest BCUT2D eigenvalue weighted by atomic mass is 35.5. The predicted molar refractivity (Wildman–Crippen MR) is 122 cm³/mol. The summed E-state index contributed by atoms with van der Waals surface area (Å²) in [6.45, 7) is 2.14. The number of aryl methyl sites for hydroxylation is 1. The number of hydrogen-bond donors (Lipinski definition) is 2. The number of anilines is 1. The van der Waals surface area contributed by atoms with Gasteiger partial charge in [0.25, 0.3) is 5.91 Å². The van der Waals surface area contributed by atoms with E-state index in [-0.39, 0.29) is 23.9 Å². The van der Waals surface area contributed by atoms with Crippen molar-refractivity contribution in [2.24, 2.45) is 0 Å². The number of amides is 2. The van der Waals surface area contributed by atoms with Crippen molar-refractivity contribution in [2.45, 2.75) is 25.9 Å². The minimum atomic E-state index is -1.02. The molecule has 2 N–H and O–H groups in total. The van der Waals surface area contributed by atoms with Gasteiger partial charge in [0, 0.05) is 18.0 Å². The van der Waals surface area contributed by atoms with Crippen LogP contribution in [0.2, 0.25) is 5.02 Å². The maximum absolute atomic E-state index is 13.5. The summed E-state index contributed by atoms with van der Waals surface area (Å²) >= 11 is 6.09. The van der Waals surface area contributed by atoms with Gasteiger partial charge in [-0.1, -0.05) is 53.6 Å². The van der Waals surface area contributed by atoms with Gasteiger partial charge in [0.2, 0.25) is 5.91 Å². The van der Waals surface area contributed by atoms with E-state index in [1.165, 1.54) is 17.0 Å². The first kappa shape index (κ1) is 21.6. The summed E-state index contributed by atoms with van der Waals surface area (Å²) in [5.74, 6) is -1.62. The van der Waals surface area contributed by atoms with Crippen LogP contribution in [-0.2, 0) is 17.8 Å². The van der Waals surface area contributed by atoms with Crippen LogP contribution in [0.3, 0.4) is 0 Å². The third-order valence-electron chi connectivity index (χ3n) is 5.51. The maximum atomic E-state index is 13.5. The lowest BCUT2D eigenvalue weighted by Crippen LogP contribution is -2.46. The molecule has 0 saturated heterocycles. The number of hydrogen-bond acceptors (Lipinski definition) is 3. The molecule has 32 heavy (non-hydrogen) atoms. The van der Waals surface area contributed by atoms with Crippen LogP contribution in [0.25, 0.3) is 0 Å². The highest BCUT2D eigenvalue weighted by Crippen LogP contribution is 2.29. The average Bonchev–Trinajstić information content (AvgIpc) is 2.85. The predicted octanol–water partition coefficient (Wildman–Crippen LogP) is 4.55. The molecule has 2 amide bonds. The van der Waals surface area contributed by atoms with Crippen molar-refractivity contribution in [3.8, 4) is 0 Å². The third-order valence-corrected chi connectivity index (χ3v) is 5.75. The van der Waals surface area contributed by atoms with Crippen LogP contribution >= 0.6 is 11.6 Å². The average molecular weight is 449 g/mol. The smallest absolute Gasteiger partial charge is 0.335 e. The van der Waals surface area contributed by atoms with Gasteiger partial charge < -0.3 is 15.3 Å². The van der Waals surface area contributed by atoms with Crippen molar-refractivity contribution in [1.82, 2.24) is 4.90 Å². The van der Waals surface area contributed by atoms with E-state index in [4.69, 9.17) is 16.7 Å². The summed E-state index contributed by atoms with van der Waals surface area (Å²) in [7, 11) is 0. The van der Waals surface area contributed by atoms with E-state index < -0.39 is 12.0 Å². The molecule has 6 nitrogen and oxygen atoms in total. The minimum absolute atomic E-state index is 0.157. The summed E-state index contributed by atoms with van der Waals surface area (Å²) in [5, 5.41) is 12.4. The van der Waals surface area contributed by atoms with Gasteiger partial charge in [-0.05, 0) is 48.4 Å². The van der Waals surface area contributed by atoms with Gasteiger partial charge in [0.05, 0.1) is 16.8 Å². The highest BCUT2D eigenvalue weighted by molar-refractivity contribution is 6.31. The summed E-state index contributed by atoms with van der Waals surface area (Å²) in [4.78, 5) is 39.4. The number of nitrogens with one attached hydrogen (secondary N) is 1. The number of benzene rings is 3. The highest BCUT2D eigenvalue weighted by Gasteiger charge is 2.35. The van der Waals surface area contributed by atoms with Crippen LogP contribution in [0.15, 0.2) is 66.7 Å². The number of nitrogens with zero attached hydrogens (tertiary/aromatic N) is 1. The Balaban J connectivity index is 1.72. The maximum Gasteiger partial charge on any atom is 0.335 e. The molecule has 1 atom stereocenters. The molecule has 162 valence electrons. The largest absolute Gasteiger partial charge is 0.478 e. The fourth-order valence-electron chi connectivity index (χ4n) is 3.74. The molecule has 0 saturated carbocycles. The van der Waals surface area contributed by atoms with Gasteiger partial charge >= 0.3 is 5.97 Å². The second-order valence-corrected chi connectivity index (χ2v) is 8.26. The molecule has 1 aliphatic heterocycles. The fraction of sp³-hybridized carbons (Fsp3) is 0.160. The number of aromatic carboxylic acids is 1. The second-order valence-electron chi connectivity index (χ2n) is 7.82. The van der Waals surface area contributed by atoms with Gasteiger partial charge in [-0.3, -0.25) is 9.59 Å². The molecule has 7 heteroatoms. The molecule has 4 rings (SSSR count). The van der Waals surface area contributed by atoms with E-state index >= 15 is 0 Å². The lowest BCUT2D eigenvalue weighted by molar-refractivity contribution is -0.120. The zero-order chi connectivity index (χ0) is 22.8. The van der Waals surface area contributed by atoms with Gasteiger partial charge in [-0.15, -0.1) is 0 Å². The monoisotopic (exact) mass is 448 g/mol. The number of fused-ring (bicyclic) bond motifs is 1. The van der Waals surface area contributed by atoms with Crippen molar-refractivity contribution >= 4 is 35.1 Å². The zero-order valence-corrected chi connectivity index (χ0v) is 18.1. The molecular weight excluding hydrogens is 428 g/mol. The van der Waals surface area contributed by atoms with Crippen LogP contribution in [0.5, 0.6) is 0 Å². The van der Waals surface area contributed by atoms with Crippen molar-refractivity contribution < 1.29 is 19.5 Å². The first-order chi connectivity index (χ1) is 15.3. The minimum Gasteiger partial charge on any atom is -0.478 e. The SMILES string of the molecule is Cc1ccc(C[C@@H]2C(=O)Nc3cc(Cl)ccc3C(=O)N2Cc2ccc(C(=O)O)cc2)cc1. The fourth-order valence-corrected chi connectivity index (χ4v) is 3.91. The van der Waals surface area contributed by atoms with E-state index in [1.807, 2.05) is 31.2 Å². The van der Waals surface area contributed by atoms with Crippen LogP contribution in [0, 0.1) is 6.92 Å². The van der Waals surface area contributed by atoms with Crippen LogP contribution in [-0.4, -0.2) is 33.8 Å². The van der Waals surface area contributed by atoms with E-state index in [1.54, 1.807) is 30.3 Å². The van der Waals surface area contributed by atoms with Crippen LogP contribution in [0.1, 0.15) is 37.4 Å². The second kappa shape index (κ2) is 8.85. The summed E-state index contributed by atoms with van der Waals surface area (Å²) in [6.07, 6.45) is 0.340. The van der Waals surface area contributed by atoms with Gasteiger partial charge in [0.1, 0.15) is 6.04 Å². The Morgan fingerprint density at radius 2 is 1.66 bits per heavy atom. The summed E-state index contributed by atoms with van der Waals surface area (Å²) in [5.41, 5.74) is 3.65. The quantitative estimate of drug-likeness (QED) is 0.599. The topological polar surface area (TPSA) is 86.7 Å².